The van der Waals surface area contributed by atoms with E-state index < -0.39 is 11.5 Å². The van der Waals surface area contributed by atoms with Crippen LogP contribution in [0.2, 0.25) is 0 Å². The number of nitrogens with two attached hydrogens (primary N) is 1. The van der Waals surface area contributed by atoms with Crippen LogP contribution in [0.25, 0.3) is 22.3 Å². The number of aromatic nitrogens is 4. The highest BCUT2D eigenvalue weighted by Gasteiger charge is 2.27. The van der Waals surface area contributed by atoms with Crippen molar-refractivity contribution in [2.75, 3.05) is 0 Å². The number of primary amides is 1. The van der Waals surface area contributed by atoms with E-state index in [2.05, 4.69) is 15.4 Å². The van der Waals surface area contributed by atoms with Gasteiger partial charge in [-0.15, -0.1) is 0 Å². The number of rotatable bonds is 5. The maximum absolute atomic E-state index is 13.7. The Morgan fingerprint density at radius 3 is 2.69 bits per heavy atom. The Balaban J connectivity index is 1.60. The molecule has 0 fully saturated rings. The van der Waals surface area contributed by atoms with Crippen LogP contribution < -0.4 is 16.6 Å². The molecule has 4 aromatic rings. The van der Waals surface area contributed by atoms with Gasteiger partial charge in [0.1, 0.15) is 5.56 Å². The van der Waals surface area contributed by atoms with Gasteiger partial charge in [0.25, 0.3) is 17.4 Å². The lowest BCUT2D eigenvalue weighted by Crippen LogP contribution is -2.34. The van der Waals surface area contributed by atoms with E-state index in [1.54, 1.807) is 12.3 Å². The van der Waals surface area contributed by atoms with Crippen LogP contribution in [0.3, 0.4) is 0 Å². The highest BCUT2D eigenvalue weighted by atomic mass is 16.2. The number of carbonyl (C=O) groups is 2. The molecule has 1 aliphatic carbocycles. The summed E-state index contributed by atoms with van der Waals surface area (Å²) in [6.07, 6.45) is 3.80. The minimum Gasteiger partial charge on any atom is -0.365 e. The van der Waals surface area contributed by atoms with E-state index in [0.29, 0.717) is 40.7 Å². The van der Waals surface area contributed by atoms with Gasteiger partial charge in [-0.1, -0.05) is 24.3 Å². The third-order valence-electron chi connectivity index (χ3n) is 6.74. The molecule has 0 spiro atoms. The predicted molar refractivity (Wildman–Crippen MR) is 137 cm³/mol. The summed E-state index contributed by atoms with van der Waals surface area (Å²) in [5.74, 6) is -1.07. The first-order chi connectivity index (χ1) is 17.2. The molecule has 0 radical (unpaired) electrons. The number of H-pyrrole nitrogens is 1. The number of benzene rings is 1. The lowest BCUT2D eigenvalue weighted by atomic mass is 9.90. The first kappa shape index (κ1) is 23.5. The molecule has 1 atom stereocenters. The molecule has 36 heavy (non-hydrogen) atoms. The smallest absolute Gasteiger partial charge is 0.261 e. The van der Waals surface area contributed by atoms with Gasteiger partial charge in [-0.25, -0.2) is 9.67 Å². The quantitative estimate of drug-likeness (QED) is 0.398. The van der Waals surface area contributed by atoms with Crippen molar-refractivity contribution in [2.45, 2.75) is 52.1 Å². The Morgan fingerprint density at radius 1 is 1.19 bits per heavy atom. The van der Waals surface area contributed by atoms with Crippen LogP contribution in [-0.2, 0) is 6.42 Å². The van der Waals surface area contributed by atoms with Crippen molar-refractivity contribution in [1.82, 2.24) is 25.1 Å². The zero-order valence-electron chi connectivity index (χ0n) is 20.5. The lowest BCUT2D eigenvalue weighted by molar-refractivity contribution is 0.0934. The van der Waals surface area contributed by atoms with Gasteiger partial charge < -0.3 is 16.0 Å². The monoisotopic (exact) mass is 484 g/mol. The van der Waals surface area contributed by atoms with Crippen LogP contribution in [0.15, 0.2) is 47.4 Å². The summed E-state index contributed by atoms with van der Waals surface area (Å²) in [6.45, 7) is 6.05. The maximum Gasteiger partial charge on any atom is 0.261 e. The van der Waals surface area contributed by atoms with Crippen molar-refractivity contribution in [3.8, 4) is 11.3 Å². The number of hydrogen-bond donors (Lipinski definition) is 3. The average molecular weight is 485 g/mol. The normalized spacial score (nSPS) is 15.2. The van der Waals surface area contributed by atoms with Crippen LogP contribution >= 0.6 is 0 Å². The Bertz CT molecular complexity index is 1570. The molecule has 0 bridgehead atoms. The zero-order valence-corrected chi connectivity index (χ0v) is 20.5. The molecule has 2 amide bonds. The fourth-order valence-electron chi connectivity index (χ4n) is 4.89. The second-order valence-corrected chi connectivity index (χ2v) is 9.52. The Labute approximate surface area is 207 Å². The summed E-state index contributed by atoms with van der Waals surface area (Å²) >= 11 is 0. The molecular weight excluding hydrogens is 456 g/mol. The molecule has 9 nitrogen and oxygen atoms in total. The zero-order chi connectivity index (χ0) is 25.6. The van der Waals surface area contributed by atoms with E-state index >= 15 is 0 Å². The number of amides is 2. The molecule has 0 saturated carbocycles. The Kier molecular flexibility index (Phi) is 5.91. The summed E-state index contributed by atoms with van der Waals surface area (Å²) in [6, 6.07) is 10.9. The number of hydrogen-bond acceptors (Lipinski definition) is 5. The van der Waals surface area contributed by atoms with Crippen molar-refractivity contribution in [3.63, 3.8) is 0 Å². The van der Waals surface area contributed by atoms with E-state index in [4.69, 9.17) is 10.7 Å². The van der Waals surface area contributed by atoms with Crippen LogP contribution in [0.5, 0.6) is 0 Å². The number of nitrogens with zero attached hydrogens (tertiary/aromatic N) is 3. The van der Waals surface area contributed by atoms with E-state index in [1.165, 1.54) is 6.07 Å². The summed E-state index contributed by atoms with van der Waals surface area (Å²) in [5, 5.41) is 8.29. The lowest BCUT2D eigenvalue weighted by Gasteiger charge is -2.26. The second kappa shape index (κ2) is 9.07. The molecule has 1 unspecified atom stereocenters. The van der Waals surface area contributed by atoms with Crippen molar-refractivity contribution in [3.05, 3.63) is 80.9 Å². The number of carbonyl (C=O) groups excluding carboxylic acids is 2. The summed E-state index contributed by atoms with van der Waals surface area (Å²) in [7, 11) is 0. The van der Waals surface area contributed by atoms with Gasteiger partial charge in [0.05, 0.1) is 28.9 Å². The molecule has 184 valence electrons. The predicted octanol–water partition coefficient (Wildman–Crippen LogP) is 3.58. The fourth-order valence-corrected chi connectivity index (χ4v) is 4.89. The topological polar surface area (TPSA) is 136 Å². The number of nitrogens with one attached hydrogen (secondary N) is 2. The molecule has 1 aromatic carbocycles. The largest absolute Gasteiger partial charge is 0.365 e. The molecule has 3 aromatic heterocycles. The van der Waals surface area contributed by atoms with Gasteiger partial charge >= 0.3 is 0 Å². The summed E-state index contributed by atoms with van der Waals surface area (Å²) in [4.78, 5) is 45.4. The highest BCUT2D eigenvalue weighted by molar-refractivity contribution is 6.06. The van der Waals surface area contributed by atoms with Gasteiger partial charge in [0.2, 0.25) is 0 Å². The van der Waals surface area contributed by atoms with Gasteiger partial charge in [0.15, 0.2) is 5.65 Å². The molecule has 0 saturated heterocycles. The molecule has 3 heterocycles. The van der Waals surface area contributed by atoms with E-state index in [0.717, 1.165) is 23.2 Å². The molecular formula is C27H28N6O3. The third kappa shape index (κ3) is 4.06. The average Bonchev–Trinajstić information content (AvgIpc) is 3.27. The van der Waals surface area contributed by atoms with E-state index in [1.807, 2.05) is 49.7 Å². The van der Waals surface area contributed by atoms with Crippen LogP contribution in [0.4, 0.5) is 0 Å². The first-order valence-corrected chi connectivity index (χ1v) is 12.1. The Morgan fingerprint density at radius 2 is 1.97 bits per heavy atom. The van der Waals surface area contributed by atoms with Crippen molar-refractivity contribution in [2.24, 2.45) is 5.73 Å². The van der Waals surface area contributed by atoms with Crippen LogP contribution in [0, 0.1) is 6.92 Å². The number of fused-ring (bicyclic) bond motifs is 2. The second-order valence-electron chi connectivity index (χ2n) is 9.52. The molecule has 0 aliphatic heterocycles. The van der Waals surface area contributed by atoms with Gasteiger partial charge in [-0.2, -0.15) is 5.10 Å². The minimum atomic E-state index is -0.797. The molecule has 5 rings (SSSR count). The van der Waals surface area contributed by atoms with Crippen LogP contribution in [-0.4, -0.2) is 31.6 Å². The highest BCUT2D eigenvalue weighted by Crippen LogP contribution is 2.31. The van der Waals surface area contributed by atoms with Gasteiger partial charge in [0, 0.05) is 17.3 Å². The number of aryl methyl sites for hydroxylation is 2. The summed E-state index contributed by atoms with van der Waals surface area (Å²) < 4.78 is 1.81. The third-order valence-corrected chi connectivity index (χ3v) is 6.74. The number of pyridine rings is 2. The SMILES string of the molecule is Cc1ccccc1-c1cc(C(=O)NC2CCCc3[nH]c(=O)c(C(N)=O)cc32)c2cnn(C(C)C)c2n1. The van der Waals surface area contributed by atoms with Crippen molar-refractivity contribution >= 4 is 22.8 Å². The Hall–Kier alpha value is -4.27. The van der Waals surface area contributed by atoms with E-state index in [-0.39, 0.29) is 23.6 Å². The van der Waals surface area contributed by atoms with Gasteiger partial charge in [-0.3, -0.25) is 14.4 Å². The standard InChI is InChI=1S/C27H28N6O3/c1-14(2)33-25-20(13-29-33)17(12-23(30-25)16-8-5-4-7-15(16)3)26(35)31-21-9-6-10-22-18(21)11-19(24(28)34)27(36)32-22/h4-5,7-8,11-14,21H,6,9-10H2,1-3H3,(H2,28,34)(H,31,35)(H,32,36). The number of aromatic amines is 1. The molecule has 4 N–H and O–H groups in total. The first-order valence-electron chi connectivity index (χ1n) is 12.1. The van der Waals surface area contributed by atoms with Crippen molar-refractivity contribution < 1.29 is 9.59 Å². The van der Waals surface area contributed by atoms with E-state index in [9.17, 15) is 14.4 Å². The minimum absolute atomic E-state index is 0.0623. The fraction of sp³-hybridized carbons (Fsp3) is 0.296. The summed E-state index contributed by atoms with van der Waals surface area (Å²) in [5.41, 5.74) is 10.0. The van der Waals surface area contributed by atoms with Gasteiger partial charge in [-0.05, 0) is 63.3 Å². The molecule has 9 heteroatoms. The van der Waals surface area contributed by atoms with Crippen molar-refractivity contribution in [1.29, 1.82) is 0 Å². The maximum atomic E-state index is 13.7. The van der Waals surface area contributed by atoms with Crippen LogP contribution in [0.1, 0.15) is 76.3 Å². The molecule has 1 aliphatic rings.